The summed E-state index contributed by atoms with van der Waals surface area (Å²) >= 11 is 0. The quantitative estimate of drug-likeness (QED) is 0.759. The highest BCUT2D eigenvalue weighted by molar-refractivity contribution is 7.88. The number of halogens is 2. The Labute approximate surface area is 175 Å². The Bertz CT molecular complexity index is 1090. The topological polar surface area (TPSA) is 66.5 Å². The van der Waals surface area contributed by atoms with Gasteiger partial charge >= 0.3 is 0 Å². The van der Waals surface area contributed by atoms with Crippen LogP contribution in [-0.4, -0.2) is 44.6 Å². The lowest BCUT2D eigenvalue weighted by atomic mass is 9.90. The van der Waals surface area contributed by atoms with E-state index in [0.29, 0.717) is 18.5 Å². The van der Waals surface area contributed by atoms with Crippen LogP contribution in [0.25, 0.3) is 11.1 Å². The van der Waals surface area contributed by atoms with Crippen LogP contribution in [0.15, 0.2) is 42.5 Å². The fraction of sp³-hybridized carbons (Fsp3) is 0.409. The van der Waals surface area contributed by atoms with Crippen molar-refractivity contribution in [2.24, 2.45) is 5.41 Å². The van der Waals surface area contributed by atoms with Crippen molar-refractivity contribution in [2.75, 3.05) is 19.3 Å². The minimum absolute atomic E-state index is 0.0390. The van der Waals surface area contributed by atoms with Gasteiger partial charge in [-0.2, -0.15) is 0 Å². The second-order valence-electron chi connectivity index (χ2n) is 8.42. The van der Waals surface area contributed by atoms with Gasteiger partial charge in [0.05, 0.1) is 17.2 Å². The van der Waals surface area contributed by atoms with Gasteiger partial charge in [-0.15, -0.1) is 0 Å². The zero-order valence-electron chi connectivity index (χ0n) is 16.9. The van der Waals surface area contributed by atoms with Crippen LogP contribution in [-0.2, 0) is 14.8 Å². The Morgan fingerprint density at radius 3 is 2.43 bits per heavy atom. The number of sulfonamides is 1. The number of hydrogen-bond donors (Lipinski definition) is 1. The monoisotopic (exact) mass is 434 g/mol. The van der Waals surface area contributed by atoms with E-state index in [-0.39, 0.29) is 30.0 Å². The van der Waals surface area contributed by atoms with Gasteiger partial charge in [0.15, 0.2) is 0 Å². The molecule has 5 nitrogen and oxygen atoms in total. The number of hydrogen-bond acceptors (Lipinski definition) is 3. The molecule has 1 saturated heterocycles. The van der Waals surface area contributed by atoms with Crippen molar-refractivity contribution in [3.8, 4) is 11.1 Å². The third-order valence-electron chi connectivity index (χ3n) is 6.28. The SMILES string of the molecule is CC1(C(=O)N2CCC2CNS(C)(=O)=O)CC1c1ccccc1-c1c(F)cccc1F. The summed E-state index contributed by atoms with van der Waals surface area (Å²) < 4.78 is 54.0. The maximum atomic E-state index is 14.4. The first kappa shape index (κ1) is 20.9. The number of benzene rings is 2. The van der Waals surface area contributed by atoms with Crippen LogP contribution in [0.5, 0.6) is 0 Å². The third-order valence-corrected chi connectivity index (χ3v) is 6.97. The standard InChI is InChI=1S/C22H24F2N2O3S/c1-22(21(27)26-11-10-14(26)13-25-30(2,28)29)12-17(22)15-6-3-4-7-16(15)20-18(23)8-5-9-19(20)24/h3-9,14,17,25H,10-13H2,1-2H3. The molecule has 1 aliphatic carbocycles. The van der Waals surface area contributed by atoms with Crippen molar-refractivity contribution in [3.05, 3.63) is 59.7 Å². The number of nitrogens with zero attached hydrogens (tertiary/aromatic N) is 1. The van der Waals surface area contributed by atoms with Crippen molar-refractivity contribution >= 4 is 15.9 Å². The second kappa shape index (κ2) is 7.42. The molecule has 1 heterocycles. The first-order valence-electron chi connectivity index (χ1n) is 9.91. The second-order valence-corrected chi connectivity index (χ2v) is 10.3. The molecule has 0 bridgehead atoms. The van der Waals surface area contributed by atoms with Crippen LogP contribution in [0.4, 0.5) is 8.78 Å². The lowest BCUT2D eigenvalue weighted by molar-refractivity contribution is -0.144. The molecule has 0 spiro atoms. The molecular formula is C22H24F2N2O3S. The number of amides is 1. The van der Waals surface area contributed by atoms with E-state index < -0.39 is 27.1 Å². The maximum Gasteiger partial charge on any atom is 0.229 e. The van der Waals surface area contributed by atoms with Gasteiger partial charge in [-0.1, -0.05) is 37.3 Å². The first-order valence-corrected chi connectivity index (χ1v) is 11.8. The minimum Gasteiger partial charge on any atom is -0.338 e. The Kier molecular flexibility index (Phi) is 5.18. The van der Waals surface area contributed by atoms with Gasteiger partial charge < -0.3 is 4.90 Å². The highest BCUT2D eigenvalue weighted by atomic mass is 32.2. The van der Waals surface area contributed by atoms with Crippen molar-refractivity contribution in [1.82, 2.24) is 9.62 Å². The summed E-state index contributed by atoms with van der Waals surface area (Å²) in [5.41, 5.74) is 0.480. The Balaban J connectivity index is 1.57. The molecule has 1 aliphatic heterocycles. The van der Waals surface area contributed by atoms with E-state index >= 15 is 0 Å². The summed E-state index contributed by atoms with van der Waals surface area (Å²) in [5.74, 6) is -1.45. The first-order chi connectivity index (χ1) is 14.1. The van der Waals surface area contributed by atoms with Crippen molar-refractivity contribution in [3.63, 3.8) is 0 Å². The van der Waals surface area contributed by atoms with Gasteiger partial charge in [-0.3, -0.25) is 4.79 Å². The molecule has 2 fully saturated rings. The van der Waals surface area contributed by atoms with Gasteiger partial charge in [0.1, 0.15) is 11.6 Å². The van der Waals surface area contributed by atoms with Crippen molar-refractivity contribution < 1.29 is 22.0 Å². The number of rotatable bonds is 6. The molecule has 1 amide bonds. The number of carbonyl (C=O) groups is 1. The van der Waals surface area contributed by atoms with Gasteiger partial charge in [0, 0.05) is 19.1 Å². The van der Waals surface area contributed by atoms with E-state index in [1.807, 2.05) is 19.1 Å². The molecule has 8 heteroatoms. The van der Waals surface area contributed by atoms with E-state index in [1.54, 1.807) is 17.0 Å². The van der Waals surface area contributed by atoms with Crippen LogP contribution in [0, 0.1) is 17.0 Å². The average Bonchev–Trinajstić information content (AvgIpc) is 3.33. The molecule has 160 valence electrons. The Hall–Kier alpha value is -2.32. The highest BCUT2D eigenvalue weighted by Crippen LogP contribution is 2.62. The predicted octanol–water partition coefficient (Wildman–Crippen LogP) is 3.28. The zero-order chi connectivity index (χ0) is 21.7. The predicted molar refractivity (Wildman–Crippen MR) is 110 cm³/mol. The van der Waals surface area contributed by atoms with E-state index in [1.165, 1.54) is 18.2 Å². The van der Waals surface area contributed by atoms with E-state index in [0.717, 1.165) is 18.2 Å². The molecular weight excluding hydrogens is 410 g/mol. The number of nitrogens with one attached hydrogen (secondary N) is 1. The maximum absolute atomic E-state index is 14.4. The van der Waals surface area contributed by atoms with Gasteiger partial charge in [0.2, 0.25) is 15.9 Å². The molecule has 4 rings (SSSR count). The molecule has 1 N–H and O–H groups in total. The normalized spacial score (nSPS) is 25.7. The van der Waals surface area contributed by atoms with Gasteiger partial charge in [0.25, 0.3) is 0 Å². The fourth-order valence-electron chi connectivity index (χ4n) is 4.33. The molecule has 3 atom stereocenters. The highest BCUT2D eigenvalue weighted by Gasteiger charge is 2.59. The summed E-state index contributed by atoms with van der Waals surface area (Å²) in [6.07, 6.45) is 2.42. The molecule has 2 aromatic rings. The number of likely N-dealkylation sites (tertiary alicyclic amines) is 1. The summed E-state index contributed by atoms with van der Waals surface area (Å²) in [6.45, 7) is 2.65. The summed E-state index contributed by atoms with van der Waals surface area (Å²) in [6, 6.07) is 10.7. The van der Waals surface area contributed by atoms with E-state index in [9.17, 15) is 22.0 Å². The Morgan fingerprint density at radius 2 is 1.83 bits per heavy atom. The molecule has 30 heavy (non-hydrogen) atoms. The minimum atomic E-state index is -3.32. The van der Waals surface area contributed by atoms with Crippen molar-refractivity contribution in [2.45, 2.75) is 31.7 Å². The van der Waals surface area contributed by atoms with Crippen LogP contribution in [0.1, 0.15) is 31.2 Å². The van der Waals surface area contributed by atoms with Gasteiger partial charge in [-0.25, -0.2) is 21.9 Å². The van der Waals surface area contributed by atoms with Crippen LogP contribution < -0.4 is 4.72 Å². The van der Waals surface area contributed by atoms with E-state index in [2.05, 4.69) is 4.72 Å². The molecule has 0 aromatic heterocycles. The summed E-state index contributed by atoms with van der Waals surface area (Å²) in [4.78, 5) is 14.9. The number of carbonyl (C=O) groups excluding carboxylic acids is 1. The fourth-order valence-corrected chi connectivity index (χ4v) is 4.83. The van der Waals surface area contributed by atoms with E-state index in [4.69, 9.17) is 0 Å². The molecule has 3 unspecified atom stereocenters. The zero-order valence-corrected chi connectivity index (χ0v) is 17.7. The molecule has 2 aliphatic rings. The molecule has 2 aromatic carbocycles. The molecule has 0 radical (unpaired) electrons. The van der Waals surface area contributed by atoms with Crippen LogP contribution >= 0.6 is 0 Å². The smallest absolute Gasteiger partial charge is 0.229 e. The van der Waals surface area contributed by atoms with Gasteiger partial charge in [-0.05, 0) is 42.0 Å². The Morgan fingerprint density at radius 1 is 1.17 bits per heavy atom. The summed E-state index contributed by atoms with van der Waals surface area (Å²) in [7, 11) is -3.32. The largest absolute Gasteiger partial charge is 0.338 e. The molecule has 1 saturated carbocycles. The van der Waals surface area contributed by atoms with Crippen LogP contribution in [0.2, 0.25) is 0 Å². The lowest BCUT2D eigenvalue weighted by Gasteiger charge is -2.42. The third kappa shape index (κ3) is 3.74. The summed E-state index contributed by atoms with van der Waals surface area (Å²) in [5, 5.41) is 0. The van der Waals surface area contributed by atoms with Crippen molar-refractivity contribution in [1.29, 1.82) is 0 Å². The average molecular weight is 435 g/mol. The lowest BCUT2D eigenvalue weighted by Crippen LogP contribution is -2.57. The van der Waals surface area contributed by atoms with Crippen LogP contribution in [0.3, 0.4) is 0 Å².